The van der Waals surface area contributed by atoms with Crippen LogP contribution in [-0.4, -0.2) is 27.2 Å². The van der Waals surface area contributed by atoms with Gasteiger partial charge in [-0.15, -0.1) is 0 Å². The number of carboxylic acids is 1. The minimum absolute atomic E-state index is 0.105. The van der Waals surface area contributed by atoms with E-state index in [1.807, 2.05) is 13.8 Å². The number of hydrogen-bond donors (Lipinski definition) is 1. The Balaban J connectivity index is 2.64. The summed E-state index contributed by atoms with van der Waals surface area (Å²) in [4.78, 5) is 10.1. The van der Waals surface area contributed by atoms with E-state index in [9.17, 15) is 9.18 Å². The largest absolute Gasteiger partial charge is 0.476 e. The number of ether oxygens (including phenoxy) is 1. The summed E-state index contributed by atoms with van der Waals surface area (Å²) in [5, 5.41) is 12.1. The first kappa shape index (κ1) is 10.5. The highest BCUT2D eigenvalue weighted by Gasteiger charge is 2.18. The predicted molar refractivity (Wildman–Crippen MR) is 45.8 cm³/mol. The maximum absolute atomic E-state index is 12.6. The molecule has 0 aliphatic rings. The lowest BCUT2D eigenvalue weighted by atomic mass is 10.4. The molecule has 0 saturated heterocycles. The molecule has 1 aromatic rings. The molecule has 0 saturated carbocycles. The van der Waals surface area contributed by atoms with Crippen LogP contribution in [0.5, 0.6) is 5.75 Å². The van der Waals surface area contributed by atoms with Crippen LogP contribution >= 0.6 is 0 Å². The third-order valence-corrected chi connectivity index (χ3v) is 1.54. The van der Waals surface area contributed by atoms with Crippen LogP contribution in [0.2, 0.25) is 0 Å². The molecule has 0 bridgehead atoms. The van der Waals surface area contributed by atoms with Crippen LogP contribution < -0.4 is 4.74 Å². The number of carboxylic acid groups (broad SMARTS) is 1. The lowest BCUT2D eigenvalue weighted by Gasteiger charge is -2.05. The van der Waals surface area contributed by atoms with Gasteiger partial charge in [0.05, 0.1) is 12.4 Å². The summed E-state index contributed by atoms with van der Waals surface area (Å²) in [7, 11) is 0. The van der Waals surface area contributed by atoms with E-state index in [1.54, 1.807) is 4.68 Å². The van der Waals surface area contributed by atoms with Crippen molar-refractivity contribution < 1.29 is 19.0 Å². The summed E-state index contributed by atoms with van der Waals surface area (Å²) >= 11 is 0. The summed E-state index contributed by atoms with van der Waals surface area (Å²) in [6.45, 7) is 3.78. The van der Waals surface area contributed by atoms with Crippen LogP contribution in [-0.2, 0) is 4.79 Å². The van der Waals surface area contributed by atoms with Crippen molar-refractivity contribution in [3.8, 4) is 5.75 Å². The van der Waals surface area contributed by atoms with Crippen LogP contribution in [0.15, 0.2) is 12.4 Å². The van der Waals surface area contributed by atoms with Gasteiger partial charge in [0.15, 0.2) is 5.75 Å². The van der Waals surface area contributed by atoms with Gasteiger partial charge in [0.25, 0.3) is 0 Å². The van der Waals surface area contributed by atoms with E-state index in [1.165, 1.54) is 12.4 Å². The highest BCUT2D eigenvalue weighted by Crippen LogP contribution is 2.14. The monoisotopic (exact) mass is 202 g/mol. The van der Waals surface area contributed by atoms with Crippen molar-refractivity contribution in [3.63, 3.8) is 0 Å². The predicted octanol–water partition coefficient (Wildman–Crippen LogP) is 1.22. The number of aromatic nitrogens is 2. The Kier molecular flexibility index (Phi) is 3.06. The first-order chi connectivity index (χ1) is 6.50. The lowest BCUT2D eigenvalue weighted by Crippen LogP contribution is -2.21. The first-order valence-corrected chi connectivity index (χ1v) is 4.08. The molecular formula is C8H11FN2O3. The maximum Gasteiger partial charge on any atom is 0.378 e. The number of nitrogens with zero attached hydrogens (tertiary/aromatic N) is 2. The van der Waals surface area contributed by atoms with E-state index in [-0.39, 0.29) is 11.8 Å². The molecule has 0 spiro atoms. The first-order valence-electron chi connectivity index (χ1n) is 4.08. The van der Waals surface area contributed by atoms with E-state index in [2.05, 4.69) is 9.84 Å². The van der Waals surface area contributed by atoms with Crippen molar-refractivity contribution in [2.45, 2.75) is 26.2 Å². The van der Waals surface area contributed by atoms with Crippen LogP contribution in [0.1, 0.15) is 19.9 Å². The zero-order valence-electron chi connectivity index (χ0n) is 7.85. The minimum Gasteiger partial charge on any atom is -0.476 e. The quantitative estimate of drug-likeness (QED) is 0.797. The Labute approximate surface area is 80.1 Å². The molecule has 14 heavy (non-hydrogen) atoms. The molecule has 6 heteroatoms. The summed E-state index contributed by atoms with van der Waals surface area (Å²) in [6.07, 6.45) is 0.371. The number of aliphatic carboxylic acids is 1. The van der Waals surface area contributed by atoms with E-state index >= 15 is 0 Å². The van der Waals surface area contributed by atoms with E-state index in [4.69, 9.17) is 5.11 Å². The third-order valence-electron chi connectivity index (χ3n) is 1.54. The molecule has 1 unspecified atom stereocenters. The molecular weight excluding hydrogens is 191 g/mol. The zero-order valence-corrected chi connectivity index (χ0v) is 7.85. The average Bonchev–Trinajstić information content (AvgIpc) is 2.52. The summed E-state index contributed by atoms with van der Waals surface area (Å²) in [6, 6.07) is 0.121. The van der Waals surface area contributed by atoms with Gasteiger partial charge in [-0.05, 0) is 13.8 Å². The molecule has 1 heterocycles. The highest BCUT2D eigenvalue weighted by molar-refractivity contribution is 5.70. The fourth-order valence-electron chi connectivity index (χ4n) is 0.834. The van der Waals surface area contributed by atoms with E-state index < -0.39 is 12.3 Å². The number of halogens is 1. The van der Waals surface area contributed by atoms with Crippen molar-refractivity contribution in [1.82, 2.24) is 9.78 Å². The molecule has 0 aliphatic carbocycles. The fraction of sp³-hybridized carbons (Fsp3) is 0.500. The SMILES string of the molecule is CC(C)n1cc(OC(F)C(=O)O)cn1. The Morgan fingerprint density at radius 2 is 2.36 bits per heavy atom. The van der Waals surface area contributed by atoms with Gasteiger partial charge in [0.1, 0.15) is 0 Å². The topological polar surface area (TPSA) is 64.3 Å². The van der Waals surface area contributed by atoms with Crippen molar-refractivity contribution >= 4 is 5.97 Å². The number of alkyl halides is 1. The van der Waals surface area contributed by atoms with Crippen LogP contribution in [0.4, 0.5) is 4.39 Å². The summed E-state index contributed by atoms with van der Waals surface area (Å²) in [5.74, 6) is -1.55. The second-order valence-corrected chi connectivity index (χ2v) is 3.02. The van der Waals surface area contributed by atoms with Crippen LogP contribution in [0.25, 0.3) is 0 Å². The van der Waals surface area contributed by atoms with Crippen LogP contribution in [0, 0.1) is 0 Å². The van der Waals surface area contributed by atoms with E-state index in [0.717, 1.165) is 0 Å². The third kappa shape index (κ3) is 2.45. The molecule has 0 aliphatic heterocycles. The Bertz CT molecular complexity index is 324. The van der Waals surface area contributed by atoms with Gasteiger partial charge in [-0.1, -0.05) is 0 Å². The number of carbonyl (C=O) groups is 1. The number of rotatable bonds is 4. The second-order valence-electron chi connectivity index (χ2n) is 3.02. The summed E-state index contributed by atoms with van der Waals surface area (Å²) in [5.41, 5.74) is 0. The molecule has 78 valence electrons. The van der Waals surface area contributed by atoms with Crippen LogP contribution in [0.3, 0.4) is 0 Å². The number of hydrogen-bond acceptors (Lipinski definition) is 3. The Hall–Kier alpha value is -1.59. The smallest absolute Gasteiger partial charge is 0.378 e. The molecule has 1 atom stereocenters. The Morgan fingerprint density at radius 1 is 1.71 bits per heavy atom. The molecule has 0 amide bonds. The van der Waals surface area contributed by atoms with Gasteiger partial charge in [0.2, 0.25) is 0 Å². The lowest BCUT2D eigenvalue weighted by molar-refractivity contribution is -0.153. The standard InChI is InChI=1S/C8H11FN2O3/c1-5(2)11-4-6(3-10-11)14-7(9)8(12)13/h3-5,7H,1-2H3,(H,12,13). The molecule has 1 rings (SSSR count). The van der Waals surface area contributed by atoms with Gasteiger partial charge in [-0.25, -0.2) is 4.79 Å². The molecule has 1 N–H and O–H groups in total. The maximum atomic E-state index is 12.6. The average molecular weight is 202 g/mol. The normalized spacial score (nSPS) is 12.9. The Morgan fingerprint density at radius 3 is 2.79 bits per heavy atom. The molecule has 0 radical (unpaired) electrons. The van der Waals surface area contributed by atoms with Gasteiger partial charge >= 0.3 is 12.3 Å². The highest BCUT2D eigenvalue weighted by atomic mass is 19.1. The van der Waals surface area contributed by atoms with Crippen molar-refractivity contribution in [1.29, 1.82) is 0 Å². The van der Waals surface area contributed by atoms with Crippen molar-refractivity contribution in [2.24, 2.45) is 0 Å². The molecule has 5 nitrogen and oxygen atoms in total. The van der Waals surface area contributed by atoms with Gasteiger partial charge in [-0.3, -0.25) is 4.68 Å². The minimum atomic E-state index is -2.35. The zero-order chi connectivity index (χ0) is 10.7. The fourth-order valence-corrected chi connectivity index (χ4v) is 0.834. The second kappa shape index (κ2) is 4.08. The summed E-state index contributed by atoms with van der Waals surface area (Å²) < 4.78 is 18.6. The molecule has 1 aromatic heterocycles. The van der Waals surface area contributed by atoms with Gasteiger partial charge in [-0.2, -0.15) is 9.49 Å². The van der Waals surface area contributed by atoms with Crippen molar-refractivity contribution in [2.75, 3.05) is 0 Å². The van der Waals surface area contributed by atoms with Crippen molar-refractivity contribution in [3.05, 3.63) is 12.4 Å². The molecule has 0 fully saturated rings. The molecule has 0 aromatic carbocycles. The van der Waals surface area contributed by atoms with Gasteiger partial charge in [0, 0.05) is 6.04 Å². The van der Waals surface area contributed by atoms with E-state index in [0.29, 0.717) is 0 Å². The van der Waals surface area contributed by atoms with Gasteiger partial charge < -0.3 is 9.84 Å².